The SMILES string of the molecule is COCCOCCOCCOCCOc1ccc(-c2nc3ccccc3c3ccccc23)cc1.O=S(=O)([O-])CCCOc1ccc(-c2nc3ccccc3c3cc(CS(=O)(=O)[O-])ccc23)cc1.O=S(=O)([O-])CCCOc1ccc2c(-c3ccccc3)nc3ccccc3c2c1. The first-order valence-electron chi connectivity index (χ1n) is 30.6. The Morgan fingerprint density at radius 3 is 1.15 bits per heavy atom. The van der Waals surface area contributed by atoms with Crippen LogP contribution in [0.1, 0.15) is 18.4 Å². The summed E-state index contributed by atoms with van der Waals surface area (Å²) < 4.78 is 136. The summed E-state index contributed by atoms with van der Waals surface area (Å²) in [7, 11) is -11.2. The van der Waals surface area contributed by atoms with Crippen LogP contribution in [0, 0.1) is 0 Å². The van der Waals surface area contributed by atoms with Crippen molar-refractivity contribution in [2.24, 2.45) is 0 Å². The van der Waals surface area contributed by atoms with Crippen molar-refractivity contribution in [3.05, 3.63) is 218 Å². The zero-order chi connectivity index (χ0) is 66.6. The van der Waals surface area contributed by atoms with E-state index in [-0.39, 0.29) is 26.1 Å². The van der Waals surface area contributed by atoms with Crippen LogP contribution in [0.15, 0.2) is 212 Å². The van der Waals surface area contributed by atoms with Gasteiger partial charge in [-0.25, -0.2) is 40.2 Å². The smallest absolute Gasteiger partial charge is 0.119 e. The number of fused-ring (bicyclic) bond motifs is 9. The number of methoxy groups -OCH3 is 1. The molecule has 0 aliphatic carbocycles. The Kier molecular flexibility index (Phi) is 23.8. The lowest BCUT2D eigenvalue weighted by Gasteiger charge is -2.13. The minimum Gasteiger partial charge on any atom is -0.748 e. The topological polar surface area (TPSA) is 275 Å². The van der Waals surface area contributed by atoms with Gasteiger partial charge in [0.2, 0.25) is 0 Å². The zero-order valence-electron chi connectivity index (χ0n) is 51.9. The molecular formula is C73H68N3O16S3-3. The van der Waals surface area contributed by atoms with Crippen molar-refractivity contribution in [3.8, 4) is 51.0 Å². The summed E-state index contributed by atoms with van der Waals surface area (Å²) in [5.41, 5.74) is 8.48. The Bertz CT molecular complexity index is 4910. The van der Waals surface area contributed by atoms with Gasteiger partial charge >= 0.3 is 0 Å². The van der Waals surface area contributed by atoms with Crippen LogP contribution >= 0.6 is 0 Å². The molecule has 22 heteroatoms. The molecule has 3 aromatic heterocycles. The van der Waals surface area contributed by atoms with Gasteiger partial charge in [0.05, 0.1) is 129 Å². The molecule has 95 heavy (non-hydrogen) atoms. The number of benzene rings is 9. The molecule has 12 rings (SSSR count). The number of pyridine rings is 3. The average Bonchev–Trinajstić information content (AvgIpc) is 0.787. The molecule has 0 saturated heterocycles. The van der Waals surface area contributed by atoms with Gasteiger partial charge in [0.1, 0.15) is 23.9 Å². The van der Waals surface area contributed by atoms with Crippen molar-refractivity contribution in [1.82, 2.24) is 15.0 Å². The third-order valence-corrected chi connectivity index (χ3v) is 17.2. The van der Waals surface area contributed by atoms with Crippen LogP contribution in [0.4, 0.5) is 0 Å². The van der Waals surface area contributed by atoms with Gasteiger partial charge in [-0.05, 0) is 126 Å². The monoisotopic (exact) mass is 1340 g/mol. The Morgan fingerprint density at radius 2 is 0.674 bits per heavy atom. The van der Waals surface area contributed by atoms with E-state index >= 15 is 0 Å². The molecule has 0 bridgehead atoms. The van der Waals surface area contributed by atoms with Crippen LogP contribution in [-0.4, -0.2) is 139 Å². The molecule has 0 spiro atoms. The van der Waals surface area contributed by atoms with Crippen LogP contribution in [-0.2, 0) is 55.1 Å². The van der Waals surface area contributed by atoms with Gasteiger partial charge < -0.3 is 46.8 Å². The zero-order valence-corrected chi connectivity index (χ0v) is 54.4. The third-order valence-electron chi connectivity index (χ3n) is 15.0. The molecule has 0 aliphatic heterocycles. The summed E-state index contributed by atoms with van der Waals surface area (Å²) in [6.45, 7) is 4.63. The molecule has 0 aliphatic rings. The number of hydrogen-bond donors (Lipinski definition) is 0. The van der Waals surface area contributed by atoms with Crippen molar-refractivity contribution in [2.75, 3.05) is 84.7 Å². The van der Waals surface area contributed by atoms with Crippen molar-refractivity contribution in [2.45, 2.75) is 18.6 Å². The van der Waals surface area contributed by atoms with Gasteiger partial charge in [0, 0.05) is 67.6 Å². The summed E-state index contributed by atoms with van der Waals surface area (Å²) in [5.74, 6) is 0.469. The van der Waals surface area contributed by atoms with E-state index in [1.165, 1.54) is 10.8 Å². The van der Waals surface area contributed by atoms with E-state index in [0.717, 1.165) is 88.1 Å². The molecule has 3 heterocycles. The number of rotatable bonds is 28. The molecule has 0 unspecified atom stereocenters. The maximum Gasteiger partial charge on any atom is 0.119 e. The molecular weight excluding hydrogens is 1270 g/mol. The highest BCUT2D eigenvalue weighted by atomic mass is 32.2. The quantitative estimate of drug-likeness (QED) is 0.0250. The maximum absolute atomic E-state index is 11.2. The molecule has 0 radical (unpaired) electrons. The molecule has 0 fully saturated rings. The van der Waals surface area contributed by atoms with E-state index in [0.29, 0.717) is 75.6 Å². The van der Waals surface area contributed by atoms with Crippen LogP contribution in [0.25, 0.3) is 98.8 Å². The van der Waals surface area contributed by atoms with E-state index in [4.69, 9.17) is 48.1 Å². The van der Waals surface area contributed by atoms with E-state index in [2.05, 4.69) is 54.6 Å². The van der Waals surface area contributed by atoms with Crippen molar-refractivity contribution >= 4 is 95.4 Å². The summed E-state index contributed by atoms with van der Waals surface area (Å²) in [6.07, 6.45) is 0.266. The molecule has 19 nitrogen and oxygen atoms in total. The highest BCUT2D eigenvalue weighted by molar-refractivity contribution is 7.86. The van der Waals surface area contributed by atoms with Gasteiger partial charge in [0.25, 0.3) is 0 Å². The van der Waals surface area contributed by atoms with Crippen LogP contribution in [0.5, 0.6) is 17.2 Å². The molecule has 0 N–H and O–H groups in total. The molecule has 0 amide bonds. The molecule has 0 atom stereocenters. The minimum atomic E-state index is -4.41. The Balaban J connectivity index is 0.000000156. The minimum absolute atomic E-state index is 0.101. The standard InChI is InChI=1S/C28H31NO5.C23H21NO7S2.C22H19NO4S/c1-30-14-15-31-16-17-32-18-19-33-20-21-34-23-12-10-22(11-13-23)28-26-8-3-2-6-24(26)25-7-4-5-9-27(25)29-28;25-32(26,27)13-3-12-31-18-9-7-17(8-10-18)23-20-11-6-16(15-33(28,29)30)14-21(20)19-4-1-2-5-22(19)24-23;24-28(25,26)14-6-13-27-17-11-12-19-20(15-17)18-9-4-5-10-21(18)23-22(19)16-7-2-1-3-8-16/h2-13H,14-21H2,1H3;1-2,4-11,14H,3,12-13,15H2,(H,25,26,27)(H,28,29,30);1-5,7-12,15H,6,13-14H2,(H,24,25,26)/p-3. The van der Waals surface area contributed by atoms with Gasteiger partial charge in [-0.3, -0.25) is 0 Å². The predicted octanol–water partition coefficient (Wildman–Crippen LogP) is 12.9. The van der Waals surface area contributed by atoms with Crippen molar-refractivity contribution in [3.63, 3.8) is 0 Å². The van der Waals surface area contributed by atoms with Gasteiger partial charge in [-0.1, -0.05) is 121 Å². The molecule has 9 aromatic carbocycles. The lowest BCUT2D eigenvalue weighted by molar-refractivity contribution is 0.000164. The normalized spacial score (nSPS) is 11.8. The first-order chi connectivity index (χ1) is 46.0. The van der Waals surface area contributed by atoms with Crippen molar-refractivity contribution in [1.29, 1.82) is 0 Å². The van der Waals surface area contributed by atoms with Crippen molar-refractivity contribution < 1.29 is 72.1 Å². The lowest BCUT2D eigenvalue weighted by Crippen LogP contribution is -2.13. The fourth-order valence-electron chi connectivity index (χ4n) is 10.6. The highest BCUT2D eigenvalue weighted by Crippen LogP contribution is 2.37. The Morgan fingerprint density at radius 1 is 0.316 bits per heavy atom. The Hall–Kier alpha value is -9.04. The molecule has 12 aromatic rings. The lowest BCUT2D eigenvalue weighted by atomic mass is 9.98. The first-order valence-corrected chi connectivity index (χ1v) is 35.3. The highest BCUT2D eigenvalue weighted by Gasteiger charge is 2.15. The summed E-state index contributed by atoms with van der Waals surface area (Å²) in [6, 6.07) is 68.1. The fraction of sp³-hybridized carbons (Fsp3) is 0.219. The van der Waals surface area contributed by atoms with Gasteiger partial charge in [0.15, 0.2) is 0 Å². The van der Waals surface area contributed by atoms with E-state index < -0.39 is 47.6 Å². The van der Waals surface area contributed by atoms with E-state index in [1.54, 1.807) is 37.4 Å². The van der Waals surface area contributed by atoms with Gasteiger partial charge in [-0.15, -0.1) is 0 Å². The number of hydrogen-bond acceptors (Lipinski definition) is 19. The number of aromatic nitrogens is 3. The van der Waals surface area contributed by atoms with E-state index in [1.807, 2.05) is 127 Å². The first kappa shape index (κ1) is 68.8. The summed E-state index contributed by atoms with van der Waals surface area (Å²) in [5, 5.41) is 9.00. The molecule has 492 valence electrons. The molecule has 0 saturated carbocycles. The number of nitrogens with zero attached hydrogens (tertiary/aromatic N) is 3. The second kappa shape index (κ2) is 32.9. The number of para-hydroxylation sites is 3. The average molecular weight is 1340 g/mol. The maximum atomic E-state index is 11.2. The summed E-state index contributed by atoms with van der Waals surface area (Å²) in [4.78, 5) is 14.6. The van der Waals surface area contributed by atoms with Crippen LogP contribution < -0.4 is 14.2 Å². The van der Waals surface area contributed by atoms with Gasteiger partial charge in [-0.2, -0.15) is 0 Å². The fourth-order valence-corrected chi connectivity index (χ4v) is 12.2. The van der Waals surface area contributed by atoms with Crippen LogP contribution in [0.3, 0.4) is 0 Å². The second-order valence-electron chi connectivity index (χ2n) is 21.8. The second-order valence-corrected chi connectivity index (χ2v) is 26.2. The largest absolute Gasteiger partial charge is 0.748 e. The van der Waals surface area contributed by atoms with Crippen LogP contribution in [0.2, 0.25) is 0 Å². The Labute approximate surface area is 551 Å². The summed E-state index contributed by atoms with van der Waals surface area (Å²) >= 11 is 0. The van der Waals surface area contributed by atoms with E-state index in [9.17, 15) is 38.9 Å². The third kappa shape index (κ3) is 19.8. The predicted molar refractivity (Wildman–Crippen MR) is 367 cm³/mol. The number of ether oxygens (including phenoxy) is 7.